The van der Waals surface area contributed by atoms with Crippen molar-refractivity contribution in [3.8, 4) is 0 Å². The van der Waals surface area contributed by atoms with Gasteiger partial charge in [0.25, 0.3) is 5.91 Å². The predicted octanol–water partition coefficient (Wildman–Crippen LogP) is 8.41. The molecular formula is C38H55NO3. The molecule has 2 N–H and O–H groups in total. The van der Waals surface area contributed by atoms with E-state index in [9.17, 15) is 14.7 Å². The largest absolute Gasteiger partial charge is 0.370 e. The van der Waals surface area contributed by atoms with Crippen molar-refractivity contribution in [1.82, 2.24) is 5.32 Å². The molecule has 0 saturated heterocycles. The maximum Gasteiger partial charge on any atom is 0.253 e. The fraction of sp³-hybridized carbons (Fsp3) is 0.737. The molecule has 0 aromatic heterocycles. The van der Waals surface area contributed by atoms with Gasteiger partial charge in [-0.1, -0.05) is 79.2 Å². The molecule has 230 valence electrons. The first-order chi connectivity index (χ1) is 19.5. The first-order valence-corrected chi connectivity index (χ1v) is 16.8. The fourth-order valence-corrected chi connectivity index (χ4v) is 12.1. The summed E-state index contributed by atoms with van der Waals surface area (Å²) in [5, 5.41) is 15.4. The van der Waals surface area contributed by atoms with Crippen LogP contribution in [0.15, 0.2) is 35.4 Å². The number of Topliss-reactive ketones (excluding diaryl/α,β-unsaturated/α-hetero) is 1. The van der Waals surface area contributed by atoms with E-state index < -0.39 is 11.1 Å². The number of hydrogen-bond donors (Lipinski definition) is 2. The number of aryl methyl sites for hydroxylation is 1. The lowest BCUT2D eigenvalue weighted by Crippen LogP contribution is -2.71. The van der Waals surface area contributed by atoms with Gasteiger partial charge in [-0.2, -0.15) is 0 Å². The van der Waals surface area contributed by atoms with E-state index in [1.165, 1.54) is 24.8 Å². The van der Waals surface area contributed by atoms with E-state index in [2.05, 4.69) is 60.7 Å². The van der Waals surface area contributed by atoms with E-state index in [1.54, 1.807) is 5.57 Å². The molecule has 42 heavy (non-hydrogen) atoms. The minimum atomic E-state index is -1.25. The van der Waals surface area contributed by atoms with Crippen molar-refractivity contribution in [3.05, 3.63) is 46.5 Å². The summed E-state index contributed by atoms with van der Waals surface area (Å²) in [6, 6.07) is 7.65. The maximum absolute atomic E-state index is 13.5. The molecule has 4 saturated carbocycles. The molecule has 4 nitrogen and oxygen atoms in total. The number of aliphatic hydroxyl groups is 1. The summed E-state index contributed by atoms with van der Waals surface area (Å²) in [4.78, 5) is 26.8. The highest BCUT2D eigenvalue weighted by Gasteiger charge is 2.71. The molecule has 6 rings (SSSR count). The Morgan fingerprint density at radius 3 is 2.24 bits per heavy atom. The average molecular weight is 574 g/mol. The number of rotatable bonds is 3. The first-order valence-electron chi connectivity index (χ1n) is 16.8. The van der Waals surface area contributed by atoms with Gasteiger partial charge < -0.3 is 10.4 Å². The highest BCUT2D eigenvalue weighted by molar-refractivity contribution is 6.00. The molecule has 4 fully saturated rings. The van der Waals surface area contributed by atoms with E-state index >= 15 is 0 Å². The van der Waals surface area contributed by atoms with Crippen LogP contribution >= 0.6 is 0 Å². The summed E-state index contributed by atoms with van der Waals surface area (Å²) in [6.07, 6.45) is 9.09. The van der Waals surface area contributed by atoms with Crippen molar-refractivity contribution in [2.75, 3.05) is 0 Å². The third-order valence-electron chi connectivity index (χ3n) is 14.7. The number of allylic oxidation sites excluding steroid dienone is 2. The van der Waals surface area contributed by atoms with Gasteiger partial charge in [-0.05, 0) is 121 Å². The van der Waals surface area contributed by atoms with Gasteiger partial charge in [0, 0.05) is 17.4 Å². The summed E-state index contributed by atoms with van der Waals surface area (Å²) in [7, 11) is 0. The molecule has 5 aliphatic rings. The van der Waals surface area contributed by atoms with Crippen LogP contribution in [0.1, 0.15) is 129 Å². The zero-order chi connectivity index (χ0) is 30.7. The van der Waals surface area contributed by atoms with Gasteiger partial charge in [0.2, 0.25) is 0 Å². The smallest absolute Gasteiger partial charge is 0.253 e. The van der Waals surface area contributed by atoms with Crippen LogP contribution < -0.4 is 5.32 Å². The van der Waals surface area contributed by atoms with Crippen molar-refractivity contribution in [2.45, 2.75) is 126 Å². The van der Waals surface area contributed by atoms with Crippen LogP contribution in [0.2, 0.25) is 0 Å². The summed E-state index contributed by atoms with van der Waals surface area (Å²) in [6.45, 7) is 20.9. The molecule has 4 heteroatoms. The quantitative estimate of drug-likeness (QED) is 0.357. The van der Waals surface area contributed by atoms with E-state index in [1.807, 2.05) is 31.2 Å². The van der Waals surface area contributed by atoms with Crippen molar-refractivity contribution in [3.63, 3.8) is 0 Å². The number of benzene rings is 1. The monoisotopic (exact) mass is 573 g/mol. The summed E-state index contributed by atoms with van der Waals surface area (Å²) in [5.41, 5.74) is 3.05. The van der Waals surface area contributed by atoms with Crippen LogP contribution in [-0.2, 0) is 4.79 Å². The minimum Gasteiger partial charge on any atom is -0.370 e. The van der Waals surface area contributed by atoms with E-state index in [4.69, 9.17) is 0 Å². The SMILES string of the molecule is Cc1ccccc1C(=O)N[C@]1(O)CC[C@]2(C)[C@H]3CC[C@@H]4C5=C(C(C)C)C(=O)C[C@]5(C)CC[C@@]4(C)[C@]3(C)CC[C@H]2C1(C)C. The molecule has 8 atom stereocenters. The van der Waals surface area contributed by atoms with E-state index in [0.29, 0.717) is 47.9 Å². The van der Waals surface area contributed by atoms with Gasteiger partial charge in [-0.25, -0.2) is 0 Å². The predicted molar refractivity (Wildman–Crippen MR) is 169 cm³/mol. The molecule has 1 aromatic carbocycles. The molecule has 0 spiro atoms. The number of ketones is 1. The Hall–Kier alpha value is -1.94. The Balaban J connectivity index is 1.33. The molecule has 1 amide bonds. The summed E-state index contributed by atoms with van der Waals surface area (Å²) < 4.78 is 0. The van der Waals surface area contributed by atoms with Gasteiger partial charge in [0.1, 0.15) is 5.72 Å². The Kier molecular flexibility index (Phi) is 6.66. The molecule has 5 aliphatic carbocycles. The normalized spacial score (nSPS) is 44.3. The Bertz CT molecular complexity index is 1360. The minimum absolute atomic E-state index is 0.0454. The second-order valence-corrected chi connectivity index (χ2v) is 17.1. The van der Waals surface area contributed by atoms with Crippen molar-refractivity contribution < 1.29 is 14.7 Å². The van der Waals surface area contributed by atoms with Crippen LogP contribution in [0.5, 0.6) is 0 Å². The Morgan fingerprint density at radius 1 is 0.881 bits per heavy atom. The number of carbonyl (C=O) groups is 2. The number of carbonyl (C=O) groups excluding carboxylic acids is 2. The molecule has 1 aromatic rings. The molecule has 0 radical (unpaired) electrons. The second kappa shape index (κ2) is 9.29. The zero-order valence-electron chi connectivity index (χ0n) is 27.7. The van der Waals surface area contributed by atoms with Gasteiger partial charge in [0.15, 0.2) is 5.78 Å². The average Bonchev–Trinajstić information content (AvgIpc) is 3.18. The van der Waals surface area contributed by atoms with Gasteiger partial charge in [-0.3, -0.25) is 9.59 Å². The molecule has 0 bridgehead atoms. The Morgan fingerprint density at radius 2 is 1.57 bits per heavy atom. The summed E-state index contributed by atoms with van der Waals surface area (Å²) >= 11 is 0. The number of amides is 1. The maximum atomic E-state index is 13.5. The summed E-state index contributed by atoms with van der Waals surface area (Å²) in [5.74, 6) is 1.89. The van der Waals surface area contributed by atoms with Gasteiger partial charge >= 0.3 is 0 Å². The van der Waals surface area contributed by atoms with Crippen molar-refractivity contribution >= 4 is 11.7 Å². The van der Waals surface area contributed by atoms with Crippen molar-refractivity contribution in [2.24, 2.45) is 50.7 Å². The third kappa shape index (κ3) is 3.75. The van der Waals surface area contributed by atoms with E-state index in [-0.39, 0.29) is 27.6 Å². The standard InChI is InChI=1S/C38H55NO3/c1-23(2)30-27(40)22-34(6)18-20-36(8)26(31(30)34)14-15-29-35(7)19-21-38(42,33(4,5)28(35)16-17-37(29,36)9)39-32(41)25-13-11-10-12-24(25)3/h10-13,23,26,28-29,42H,14-22H2,1-9H3,(H,39,41)/t26-,28+,29-,34+,35+,36-,37-,38+/m1/s1. The molecule has 0 unspecified atom stereocenters. The number of hydrogen-bond acceptors (Lipinski definition) is 3. The van der Waals surface area contributed by atoms with Gasteiger partial charge in [-0.15, -0.1) is 0 Å². The van der Waals surface area contributed by atoms with Crippen LogP contribution in [0.3, 0.4) is 0 Å². The highest BCUT2D eigenvalue weighted by Crippen LogP contribution is 2.77. The number of fused-ring (bicyclic) bond motifs is 7. The van der Waals surface area contributed by atoms with Crippen LogP contribution in [0, 0.1) is 57.7 Å². The lowest BCUT2D eigenvalue weighted by molar-refractivity contribution is -0.256. The van der Waals surface area contributed by atoms with Crippen LogP contribution in [-0.4, -0.2) is 22.5 Å². The van der Waals surface area contributed by atoms with Crippen LogP contribution in [0.25, 0.3) is 0 Å². The molecule has 0 heterocycles. The van der Waals surface area contributed by atoms with Gasteiger partial charge in [0.05, 0.1) is 0 Å². The number of nitrogens with one attached hydrogen (secondary N) is 1. The molecular weight excluding hydrogens is 518 g/mol. The Labute approximate surface area is 254 Å². The highest BCUT2D eigenvalue weighted by atomic mass is 16.3. The van der Waals surface area contributed by atoms with Crippen LogP contribution in [0.4, 0.5) is 0 Å². The second-order valence-electron chi connectivity index (χ2n) is 17.1. The zero-order valence-corrected chi connectivity index (χ0v) is 27.7. The third-order valence-corrected chi connectivity index (χ3v) is 14.7. The fourth-order valence-electron chi connectivity index (χ4n) is 12.1. The topological polar surface area (TPSA) is 66.4 Å². The first kappa shape index (κ1) is 30.1. The van der Waals surface area contributed by atoms with E-state index in [0.717, 1.165) is 31.2 Å². The lowest BCUT2D eigenvalue weighted by atomic mass is 9.32. The molecule has 0 aliphatic heterocycles. The lowest BCUT2D eigenvalue weighted by Gasteiger charge is -2.73. The van der Waals surface area contributed by atoms with Crippen molar-refractivity contribution in [1.29, 1.82) is 0 Å².